The molecular formula is C6H2Cl6F6O. The minimum absolute atomic E-state index is 3.24. The summed E-state index contributed by atoms with van der Waals surface area (Å²) in [6, 6.07) is 0. The Kier molecular flexibility index (Phi) is 6.60. The van der Waals surface area contributed by atoms with Gasteiger partial charge in [-0.3, -0.25) is 0 Å². The topological polar surface area (TPSA) is 9.23 Å². The predicted molar refractivity (Wildman–Crippen MR) is 61.4 cm³/mol. The zero-order chi connectivity index (χ0) is 15.9. The second-order valence-corrected chi connectivity index (χ2v) is 7.80. The van der Waals surface area contributed by atoms with E-state index >= 15 is 0 Å². The fourth-order valence-electron chi connectivity index (χ4n) is 0.816. The molecule has 0 aromatic carbocycles. The Morgan fingerprint density at radius 3 is 0.895 bits per heavy atom. The van der Waals surface area contributed by atoms with Gasteiger partial charge in [0, 0.05) is 0 Å². The molecule has 0 bridgehead atoms. The maximum Gasteiger partial charge on any atom is 0.418 e. The Morgan fingerprint density at radius 1 is 0.579 bits per heavy atom. The number of ether oxygens (including phenoxy) is 1. The van der Waals surface area contributed by atoms with Crippen LogP contribution in [-0.4, -0.2) is 32.1 Å². The molecule has 0 N–H and O–H groups in total. The van der Waals surface area contributed by atoms with Gasteiger partial charge in [-0.2, -0.15) is 26.3 Å². The summed E-state index contributed by atoms with van der Waals surface area (Å²) in [6.07, 6.45) is -17.7. The number of hydrogen-bond donors (Lipinski definition) is 0. The second-order valence-electron chi connectivity index (χ2n) is 3.06. The van der Waals surface area contributed by atoms with E-state index in [9.17, 15) is 26.3 Å². The average molecular weight is 417 g/mol. The first-order valence-corrected chi connectivity index (χ1v) is 6.16. The van der Waals surface area contributed by atoms with Gasteiger partial charge in [-0.15, -0.1) is 0 Å². The first-order chi connectivity index (χ1) is 7.97. The number of alkyl halides is 12. The summed E-state index contributed by atoms with van der Waals surface area (Å²) in [4.78, 5) is 0. The van der Waals surface area contributed by atoms with E-state index in [2.05, 4.69) is 4.74 Å². The van der Waals surface area contributed by atoms with Crippen LogP contribution in [0.25, 0.3) is 0 Å². The molecule has 0 saturated carbocycles. The van der Waals surface area contributed by atoms with Gasteiger partial charge >= 0.3 is 12.4 Å². The first kappa shape index (κ1) is 20.3. The molecule has 0 radical (unpaired) electrons. The molecule has 0 aliphatic rings. The molecule has 0 saturated heterocycles. The fraction of sp³-hybridized carbons (Fsp3) is 1.00. The van der Waals surface area contributed by atoms with Crippen molar-refractivity contribution in [3.8, 4) is 0 Å². The van der Waals surface area contributed by atoms with Crippen molar-refractivity contribution in [3.63, 3.8) is 0 Å². The van der Waals surface area contributed by atoms with Gasteiger partial charge in [-0.1, -0.05) is 69.6 Å². The maximum absolute atomic E-state index is 12.5. The van der Waals surface area contributed by atoms with Crippen LogP contribution >= 0.6 is 69.6 Å². The van der Waals surface area contributed by atoms with Gasteiger partial charge in [0.15, 0.2) is 0 Å². The lowest BCUT2D eigenvalue weighted by Crippen LogP contribution is -2.52. The quantitative estimate of drug-likeness (QED) is 0.420. The smallest absolute Gasteiger partial charge is 0.347 e. The van der Waals surface area contributed by atoms with Crippen molar-refractivity contribution in [2.24, 2.45) is 0 Å². The van der Waals surface area contributed by atoms with Crippen molar-refractivity contribution in [1.82, 2.24) is 0 Å². The molecule has 0 aromatic heterocycles. The maximum atomic E-state index is 12.5. The fourth-order valence-corrected chi connectivity index (χ4v) is 1.87. The number of halogens is 12. The highest BCUT2D eigenvalue weighted by molar-refractivity contribution is 6.68. The normalized spacial score (nSPS) is 18.3. The summed E-state index contributed by atoms with van der Waals surface area (Å²) in [5.41, 5.74) is 0. The van der Waals surface area contributed by atoms with Crippen LogP contribution in [-0.2, 0) is 4.74 Å². The monoisotopic (exact) mass is 414 g/mol. The molecule has 0 rings (SSSR count). The Bertz CT molecular complexity index is 245. The molecule has 0 amide bonds. The lowest BCUT2D eigenvalue weighted by Gasteiger charge is -2.34. The molecule has 0 aliphatic heterocycles. The van der Waals surface area contributed by atoms with Gasteiger partial charge in [0.05, 0.1) is 0 Å². The molecule has 19 heavy (non-hydrogen) atoms. The molecule has 2 atom stereocenters. The molecule has 13 heteroatoms. The van der Waals surface area contributed by atoms with E-state index in [1.165, 1.54) is 0 Å². The summed E-state index contributed by atoms with van der Waals surface area (Å²) in [5, 5.41) is 0. The van der Waals surface area contributed by atoms with Crippen LogP contribution in [0.5, 0.6) is 0 Å². The van der Waals surface area contributed by atoms with E-state index in [1.807, 2.05) is 0 Å². The molecule has 0 fully saturated rings. The first-order valence-electron chi connectivity index (χ1n) is 3.89. The molecule has 2 unspecified atom stereocenters. The van der Waals surface area contributed by atoms with Gasteiger partial charge in [0.2, 0.25) is 19.8 Å². The summed E-state index contributed by atoms with van der Waals surface area (Å²) in [6.45, 7) is 0. The predicted octanol–water partition coefficient (Wildman–Crippen LogP) is 5.61. The zero-order valence-electron chi connectivity index (χ0n) is 8.10. The Balaban J connectivity index is 5.43. The third-order valence-electron chi connectivity index (χ3n) is 1.46. The number of rotatable bonds is 2. The Labute approximate surface area is 132 Å². The SMILES string of the molecule is FC(F)(F)C(OC(C(F)(F)F)C(Cl)(Cl)Cl)C(Cl)(Cl)Cl. The van der Waals surface area contributed by atoms with Crippen molar-refractivity contribution in [3.05, 3.63) is 0 Å². The number of hydrogen-bond acceptors (Lipinski definition) is 1. The molecule has 116 valence electrons. The highest BCUT2D eigenvalue weighted by Gasteiger charge is 2.61. The van der Waals surface area contributed by atoms with E-state index in [0.29, 0.717) is 0 Å². The molecule has 0 spiro atoms. The van der Waals surface area contributed by atoms with Crippen molar-refractivity contribution >= 4 is 69.6 Å². The summed E-state index contributed by atoms with van der Waals surface area (Å²) >= 11 is 29.5. The van der Waals surface area contributed by atoms with Crippen LogP contribution in [0.2, 0.25) is 0 Å². The van der Waals surface area contributed by atoms with Gasteiger partial charge < -0.3 is 4.74 Å². The van der Waals surface area contributed by atoms with Crippen LogP contribution < -0.4 is 0 Å². The van der Waals surface area contributed by atoms with E-state index in [4.69, 9.17) is 69.6 Å². The molecule has 0 aromatic rings. The van der Waals surface area contributed by atoms with E-state index < -0.39 is 32.1 Å². The highest BCUT2D eigenvalue weighted by atomic mass is 35.6. The zero-order valence-corrected chi connectivity index (χ0v) is 12.6. The molecule has 0 heterocycles. The standard InChI is InChI=1S/C6H2Cl6F6O/c7-3(8,9)1(5(13,14)15)19-2(4(10,11)12)6(16,17)18/h1-2H. The minimum atomic E-state index is -5.43. The van der Waals surface area contributed by atoms with Gasteiger partial charge in [-0.25, -0.2) is 0 Å². The van der Waals surface area contributed by atoms with Gasteiger partial charge in [0.25, 0.3) is 0 Å². The van der Waals surface area contributed by atoms with Crippen molar-refractivity contribution in [1.29, 1.82) is 0 Å². The van der Waals surface area contributed by atoms with E-state index in [0.717, 1.165) is 0 Å². The van der Waals surface area contributed by atoms with Crippen LogP contribution in [0.3, 0.4) is 0 Å². The summed E-state index contributed by atoms with van der Waals surface area (Å²) < 4.78 is 72.1. The highest BCUT2D eigenvalue weighted by Crippen LogP contribution is 2.47. The third kappa shape index (κ3) is 6.72. The van der Waals surface area contributed by atoms with Gasteiger partial charge in [0.1, 0.15) is 0 Å². The molecule has 1 nitrogen and oxygen atoms in total. The van der Waals surface area contributed by atoms with Crippen molar-refractivity contribution in [2.45, 2.75) is 32.1 Å². The van der Waals surface area contributed by atoms with Crippen LogP contribution in [0.15, 0.2) is 0 Å². The lowest BCUT2D eigenvalue weighted by molar-refractivity contribution is -0.283. The Hall–Kier alpha value is 1.28. The van der Waals surface area contributed by atoms with Crippen LogP contribution in [0.1, 0.15) is 0 Å². The second kappa shape index (κ2) is 6.18. The summed E-state index contributed by atoms with van der Waals surface area (Å²) in [7, 11) is 0. The lowest BCUT2D eigenvalue weighted by atomic mass is 10.3. The molecular weight excluding hydrogens is 415 g/mol. The van der Waals surface area contributed by atoms with Gasteiger partial charge in [-0.05, 0) is 0 Å². The Morgan fingerprint density at radius 2 is 0.789 bits per heavy atom. The van der Waals surface area contributed by atoms with Crippen molar-refractivity contribution < 1.29 is 31.1 Å². The largest absolute Gasteiger partial charge is 0.418 e. The van der Waals surface area contributed by atoms with Crippen molar-refractivity contribution in [2.75, 3.05) is 0 Å². The average Bonchev–Trinajstić information content (AvgIpc) is 1.91. The van der Waals surface area contributed by atoms with E-state index in [1.54, 1.807) is 0 Å². The molecule has 0 aliphatic carbocycles. The summed E-state index contributed by atoms with van der Waals surface area (Å²) in [5.74, 6) is 0. The van der Waals surface area contributed by atoms with Crippen LogP contribution in [0, 0.1) is 0 Å². The van der Waals surface area contributed by atoms with E-state index in [-0.39, 0.29) is 0 Å². The van der Waals surface area contributed by atoms with Crippen LogP contribution in [0.4, 0.5) is 26.3 Å². The minimum Gasteiger partial charge on any atom is -0.347 e. The third-order valence-corrected chi connectivity index (χ3v) is 2.65.